The molecule has 0 aliphatic carbocycles. The van der Waals surface area contributed by atoms with Gasteiger partial charge in [0.05, 0.1) is 0 Å². The molecule has 0 radical (unpaired) electrons. The first-order valence-corrected chi connectivity index (χ1v) is 6.55. The molecule has 0 saturated carbocycles. The van der Waals surface area contributed by atoms with Gasteiger partial charge in [-0.25, -0.2) is 0 Å². The molecule has 0 saturated heterocycles. The highest BCUT2D eigenvalue weighted by atomic mass is 16.1. The maximum Gasteiger partial charge on any atom is 0.163 e. The van der Waals surface area contributed by atoms with Crippen LogP contribution in [0, 0.1) is 6.92 Å². The molecule has 2 aromatic rings. The highest BCUT2D eigenvalue weighted by Crippen LogP contribution is 2.14. The van der Waals surface area contributed by atoms with Gasteiger partial charge in [0.2, 0.25) is 0 Å². The van der Waals surface area contributed by atoms with Gasteiger partial charge in [-0.3, -0.25) is 9.59 Å². The van der Waals surface area contributed by atoms with Gasteiger partial charge in [0.15, 0.2) is 11.6 Å². The van der Waals surface area contributed by atoms with Gasteiger partial charge in [-0.2, -0.15) is 0 Å². The molecular weight excluding hydrogens is 250 g/mol. The molecule has 0 heterocycles. The van der Waals surface area contributed by atoms with Gasteiger partial charge >= 0.3 is 0 Å². The van der Waals surface area contributed by atoms with Crippen LogP contribution in [0.3, 0.4) is 0 Å². The first-order chi connectivity index (χ1) is 9.58. The lowest BCUT2D eigenvalue weighted by atomic mass is 9.99. The van der Waals surface area contributed by atoms with Crippen molar-refractivity contribution in [3.63, 3.8) is 0 Å². The summed E-state index contributed by atoms with van der Waals surface area (Å²) >= 11 is 0. The molecule has 0 spiro atoms. The molecule has 3 nitrogen and oxygen atoms in total. The minimum Gasteiger partial charge on any atom is -0.399 e. The van der Waals surface area contributed by atoms with E-state index in [9.17, 15) is 9.59 Å². The fourth-order valence-corrected chi connectivity index (χ4v) is 2.06. The smallest absolute Gasteiger partial charge is 0.163 e. The van der Waals surface area contributed by atoms with Crippen LogP contribution >= 0.6 is 0 Å². The fraction of sp³-hybridized carbons (Fsp3) is 0.176. The number of aryl methyl sites for hydroxylation is 1. The minimum atomic E-state index is -0.0352. The van der Waals surface area contributed by atoms with E-state index in [1.165, 1.54) is 0 Å². The van der Waals surface area contributed by atoms with Crippen LogP contribution in [0.15, 0.2) is 48.5 Å². The van der Waals surface area contributed by atoms with E-state index >= 15 is 0 Å². The molecule has 2 aromatic carbocycles. The quantitative estimate of drug-likeness (QED) is 0.667. The molecule has 2 N–H and O–H groups in total. The van der Waals surface area contributed by atoms with Crippen LogP contribution in [0.1, 0.15) is 39.1 Å². The summed E-state index contributed by atoms with van der Waals surface area (Å²) in [6.45, 7) is 1.90. The summed E-state index contributed by atoms with van der Waals surface area (Å²) in [5.74, 6) is -0.0289. The summed E-state index contributed by atoms with van der Waals surface area (Å²) in [5, 5.41) is 0. The first kappa shape index (κ1) is 14.0. The largest absolute Gasteiger partial charge is 0.399 e. The van der Waals surface area contributed by atoms with Crippen molar-refractivity contribution >= 4 is 17.3 Å². The van der Waals surface area contributed by atoms with Gasteiger partial charge < -0.3 is 5.73 Å². The molecule has 0 atom stereocenters. The molecule has 2 rings (SSSR count). The van der Waals surface area contributed by atoms with Gasteiger partial charge in [-0.15, -0.1) is 0 Å². The standard InChI is InChI=1S/C17H17NO2/c1-12-4-2-3-5-15(12)17(20)11-10-16(19)13-6-8-14(18)9-7-13/h2-9H,10-11,18H2,1H3. The number of carbonyl (C=O) groups excluding carboxylic acids is 2. The molecule has 0 aliphatic heterocycles. The van der Waals surface area contributed by atoms with Gasteiger partial charge in [0, 0.05) is 29.7 Å². The summed E-state index contributed by atoms with van der Waals surface area (Å²) in [7, 11) is 0. The van der Waals surface area contributed by atoms with E-state index in [0.717, 1.165) is 5.56 Å². The van der Waals surface area contributed by atoms with E-state index in [2.05, 4.69) is 0 Å². The Labute approximate surface area is 118 Å². The number of hydrogen-bond acceptors (Lipinski definition) is 3. The minimum absolute atomic E-state index is 0.00638. The van der Waals surface area contributed by atoms with Crippen molar-refractivity contribution in [1.29, 1.82) is 0 Å². The number of carbonyl (C=O) groups is 2. The van der Waals surface area contributed by atoms with Crippen molar-refractivity contribution < 1.29 is 9.59 Å². The summed E-state index contributed by atoms with van der Waals surface area (Å²) in [4.78, 5) is 24.1. The molecular formula is C17H17NO2. The highest BCUT2D eigenvalue weighted by Gasteiger charge is 2.12. The van der Waals surface area contributed by atoms with Crippen LogP contribution in [0.5, 0.6) is 0 Å². The Morgan fingerprint density at radius 2 is 1.50 bits per heavy atom. The molecule has 0 aliphatic rings. The molecule has 0 fully saturated rings. The van der Waals surface area contributed by atoms with Gasteiger partial charge in [-0.1, -0.05) is 24.3 Å². The van der Waals surface area contributed by atoms with Gasteiger partial charge in [-0.05, 0) is 36.8 Å². The van der Waals surface area contributed by atoms with E-state index in [-0.39, 0.29) is 24.4 Å². The number of hydrogen-bond donors (Lipinski definition) is 1. The molecule has 20 heavy (non-hydrogen) atoms. The summed E-state index contributed by atoms with van der Waals surface area (Å²) in [6.07, 6.45) is 0.450. The van der Waals surface area contributed by atoms with Gasteiger partial charge in [0.1, 0.15) is 0 Å². The van der Waals surface area contributed by atoms with Crippen molar-refractivity contribution in [2.24, 2.45) is 0 Å². The number of anilines is 1. The predicted molar refractivity (Wildman–Crippen MR) is 79.9 cm³/mol. The predicted octanol–water partition coefficient (Wildman–Crippen LogP) is 3.42. The maximum atomic E-state index is 12.1. The lowest BCUT2D eigenvalue weighted by Gasteiger charge is -2.04. The SMILES string of the molecule is Cc1ccccc1C(=O)CCC(=O)c1ccc(N)cc1. The third-order valence-corrected chi connectivity index (χ3v) is 3.26. The van der Waals surface area contributed by atoms with E-state index < -0.39 is 0 Å². The van der Waals surface area contributed by atoms with E-state index in [4.69, 9.17) is 5.73 Å². The highest BCUT2D eigenvalue weighted by molar-refractivity contribution is 6.02. The van der Waals surface area contributed by atoms with Crippen LogP contribution in [-0.4, -0.2) is 11.6 Å². The zero-order chi connectivity index (χ0) is 14.5. The monoisotopic (exact) mass is 267 g/mol. The summed E-state index contributed by atoms with van der Waals surface area (Å²) < 4.78 is 0. The Morgan fingerprint density at radius 3 is 2.15 bits per heavy atom. The Balaban J connectivity index is 1.99. The average Bonchev–Trinajstić information content (AvgIpc) is 2.45. The Morgan fingerprint density at radius 1 is 0.900 bits per heavy atom. The van der Waals surface area contributed by atoms with Crippen molar-refractivity contribution in [1.82, 2.24) is 0 Å². The number of Topliss-reactive ketones (excluding diaryl/α,β-unsaturated/α-hetero) is 2. The third kappa shape index (κ3) is 3.32. The number of nitrogen functional groups attached to an aromatic ring is 1. The number of benzene rings is 2. The van der Waals surface area contributed by atoms with Crippen LogP contribution in [0.4, 0.5) is 5.69 Å². The molecule has 0 amide bonds. The molecule has 3 heteroatoms. The van der Waals surface area contributed by atoms with Crippen molar-refractivity contribution in [3.8, 4) is 0 Å². The second kappa shape index (κ2) is 6.15. The Kier molecular flexibility index (Phi) is 4.31. The van der Waals surface area contributed by atoms with E-state index in [1.54, 1.807) is 30.3 Å². The maximum absolute atomic E-state index is 12.1. The molecule has 0 unspecified atom stereocenters. The van der Waals surface area contributed by atoms with Crippen molar-refractivity contribution in [2.75, 3.05) is 5.73 Å². The van der Waals surface area contributed by atoms with E-state index in [0.29, 0.717) is 16.8 Å². The Bertz CT molecular complexity index is 630. The van der Waals surface area contributed by atoms with Gasteiger partial charge in [0.25, 0.3) is 0 Å². The van der Waals surface area contributed by atoms with Crippen molar-refractivity contribution in [2.45, 2.75) is 19.8 Å². The lowest BCUT2D eigenvalue weighted by Crippen LogP contribution is -2.06. The molecule has 0 bridgehead atoms. The second-order valence-electron chi connectivity index (χ2n) is 4.78. The summed E-state index contributed by atoms with van der Waals surface area (Å²) in [6, 6.07) is 14.2. The van der Waals surface area contributed by atoms with Crippen LogP contribution in [0.2, 0.25) is 0 Å². The van der Waals surface area contributed by atoms with Crippen molar-refractivity contribution in [3.05, 3.63) is 65.2 Å². The molecule has 102 valence electrons. The lowest BCUT2D eigenvalue weighted by molar-refractivity contribution is 0.0917. The normalized spacial score (nSPS) is 10.2. The van der Waals surface area contributed by atoms with Crippen LogP contribution in [-0.2, 0) is 0 Å². The third-order valence-electron chi connectivity index (χ3n) is 3.26. The molecule has 0 aromatic heterocycles. The topological polar surface area (TPSA) is 60.2 Å². The summed E-state index contributed by atoms with van der Waals surface area (Å²) in [5.41, 5.74) is 8.43. The first-order valence-electron chi connectivity index (χ1n) is 6.55. The second-order valence-corrected chi connectivity index (χ2v) is 4.78. The zero-order valence-electron chi connectivity index (χ0n) is 11.4. The van der Waals surface area contributed by atoms with E-state index in [1.807, 2.05) is 25.1 Å². The van der Waals surface area contributed by atoms with Crippen LogP contribution < -0.4 is 5.73 Å². The Hall–Kier alpha value is -2.42. The zero-order valence-corrected chi connectivity index (χ0v) is 11.4. The number of rotatable bonds is 5. The number of nitrogens with two attached hydrogens (primary N) is 1. The average molecular weight is 267 g/mol. The number of ketones is 2. The van der Waals surface area contributed by atoms with Crippen LogP contribution in [0.25, 0.3) is 0 Å². The fourth-order valence-electron chi connectivity index (χ4n) is 2.06.